The van der Waals surface area contributed by atoms with E-state index in [9.17, 15) is 13.2 Å². The summed E-state index contributed by atoms with van der Waals surface area (Å²) >= 11 is 0. The Balaban J connectivity index is 1.88. The molecule has 1 atom stereocenters. The molecule has 174 valence electrons. The minimum atomic E-state index is -3.56. The van der Waals surface area contributed by atoms with E-state index in [4.69, 9.17) is 18.4 Å². The Bertz CT molecular complexity index is 1030. The molecular weight excluding hydrogens is 436 g/mol. The first-order valence-corrected chi connectivity index (χ1v) is 11.9. The summed E-state index contributed by atoms with van der Waals surface area (Å²) in [5.74, 6) is 1.03. The van der Waals surface area contributed by atoms with Gasteiger partial charge in [-0.25, -0.2) is 0 Å². The molecule has 0 N–H and O–H groups in total. The smallest absolute Gasteiger partial charge is 0.264 e. The maximum Gasteiger partial charge on any atom is 0.264 e. The summed E-state index contributed by atoms with van der Waals surface area (Å²) in [6.07, 6.45) is 5.55. The van der Waals surface area contributed by atoms with Gasteiger partial charge in [0, 0.05) is 36.5 Å². The van der Waals surface area contributed by atoms with Crippen molar-refractivity contribution < 1.29 is 31.6 Å². The van der Waals surface area contributed by atoms with Gasteiger partial charge >= 0.3 is 0 Å². The Hall–Kier alpha value is -2.85. The third-order valence-corrected chi connectivity index (χ3v) is 6.30. The molecule has 0 radical (unpaired) electrons. The fourth-order valence-electron chi connectivity index (χ4n) is 4.08. The van der Waals surface area contributed by atoms with E-state index in [1.165, 1.54) is 21.3 Å². The third kappa shape index (κ3) is 5.13. The van der Waals surface area contributed by atoms with Crippen LogP contribution < -0.4 is 14.2 Å². The molecule has 1 aliphatic rings. The van der Waals surface area contributed by atoms with Crippen molar-refractivity contribution in [1.82, 2.24) is 9.88 Å². The van der Waals surface area contributed by atoms with E-state index in [-0.39, 0.29) is 12.5 Å². The van der Waals surface area contributed by atoms with Crippen molar-refractivity contribution in [2.75, 3.05) is 47.3 Å². The molecule has 0 aliphatic carbocycles. The molecule has 1 aromatic carbocycles. The van der Waals surface area contributed by atoms with Crippen LogP contribution in [0.25, 0.3) is 0 Å². The van der Waals surface area contributed by atoms with Gasteiger partial charge in [-0.2, -0.15) is 8.42 Å². The number of pyridine rings is 1. The van der Waals surface area contributed by atoms with Crippen LogP contribution in [0.3, 0.4) is 0 Å². The van der Waals surface area contributed by atoms with Crippen molar-refractivity contribution in [1.29, 1.82) is 0 Å². The second-order valence-electron chi connectivity index (χ2n) is 7.69. The lowest BCUT2D eigenvalue weighted by Crippen LogP contribution is -2.35. The number of ether oxygens (including phenoxy) is 3. The number of likely N-dealkylation sites (tertiary alicyclic amines) is 1. The predicted octanol–water partition coefficient (Wildman–Crippen LogP) is 2.26. The second-order valence-corrected chi connectivity index (χ2v) is 9.33. The number of hydrogen-bond acceptors (Lipinski definition) is 8. The van der Waals surface area contributed by atoms with Gasteiger partial charge in [0.05, 0.1) is 34.2 Å². The largest absolute Gasteiger partial charge is 0.493 e. The number of amides is 1. The first kappa shape index (κ1) is 23.8. The maximum absolute atomic E-state index is 13.4. The molecule has 1 amide bonds. The summed E-state index contributed by atoms with van der Waals surface area (Å²) in [4.78, 5) is 19.3. The minimum Gasteiger partial charge on any atom is -0.493 e. The van der Waals surface area contributed by atoms with Gasteiger partial charge in [-0.1, -0.05) is 6.07 Å². The van der Waals surface area contributed by atoms with Crippen LogP contribution in [-0.2, 0) is 19.7 Å². The number of rotatable bonds is 9. The summed E-state index contributed by atoms with van der Waals surface area (Å²) in [5, 5.41) is 0. The molecule has 0 bridgehead atoms. The molecular formula is C22H28N2O7S. The number of aromatic nitrogens is 1. The van der Waals surface area contributed by atoms with E-state index in [2.05, 4.69) is 4.98 Å². The van der Waals surface area contributed by atoms with Gasteiger partial charge in [-0.15, -0.1) is 0 Å². The van der Waals surface area contributed by atoms with Crippen LogP contribution in [0.4, 0.5) is 0 Å². The molecule has 2 heterocycles. The minimum absolute atomic E-state index is 0.0277. The highest BCUT2D eigenvalue weighted by atomic mass is 32.2. The molecule has 1 aromatic heterocycles. The molecule has 1 fully saturated rings. The first-order chi connectivity index (χ1) is 15.2. The lowest BCUT2D eigenvalue weighted by atomic mass is 9.78. The number of benzene rings is 1. The normalized spacial score (nSPS) is 18.4. The van der Waals surface area contributed by atoms with Crippen LogP contribution in [0.1, 0.15) is 28.8 Å². The molecule has 3 rings (SSSR count). The fourth-order valence-corrected chi connectivity index (χ4v) is 4.47. The second kappa shape index (κ2) is 9.74. The number of hydrogen-bond donors (Lipinski definition) is 0. The molecule has 1 aliphatic heterocycles. The lowest BCUT2D eigenvalue weighted by Gasteiger charge is -2.29. The monoisotopic (exact) mass is 464 g/mol. The van der Waals surface area contributed by atoms with E-state index in [1.54, 1.807) is 29.4 Å². The van der Waals surface area contributed by atoms with Crippen molar-refractivity contribution in [2.24, 2.45) is 0 Å². The average Bonchev–Trinajstić information content (AvgIpc) is 3.22. The van der Waals surface area contributed by atoms with Gasteiger partial charge in [-0.05, 0) is 36.6 Å². The first-order valence-electron chi connectivity index (χ1n) is 10.1. The fraction of sp³-hybridized carbons (Fsp3) is 0.455. The van der Waals surface area contributed by atoms with Gasteiger partial charge in [-0.3, -0.25) is 14.0 Å². The molecule has 1 saturated heterocycles. The highest BCUT2D eigenvalue weighted by Gasteiger charge is 2.42. The molecule has 32 heavy (non-hydrogen) atoms. The SMILES string of the molecule is COc1cc(C(=O)N2CCC(CCOS(C)(=O)=O)(c3cccnc3)C2)cc(OC)c1OC. The third-order valence-electron chi connectivity index (χ3n) is 5.70. The Kier molecular flexibility index (Phi) is 7.25. The van der Waals surface area contributed by atoms with Crippen molar-refractivity contribution in [3.05, 3.63) is 47.8 Å². The van der Waals surface area contributed by atoms with Gasteiger partial charge in [0.15, 0.2) is 11.5 Å². The van der Waals surface area contributed by atoms with Crippen LogP contribution >= 0.6 is 0 Å². The van der Waals surface area contributed by atoms with Crippen LogP contribution in [-0.4, -0.2) is 71.5 Å². The molecule has 2 aromatic rings. The molecule has 1 unspecified atom stereocenters. The van der Waals surface area contributed by atoms with E-state index in [1.807, 2.05) is 12.1 Å². The lowest BCUT2D eigenvalue weighted by molar-refractivity contribution is 0.0779. The van der Waals surface area contributed by atoms with Crippen molar-refractivity contribution in [2.45, 2.75) is 18.3 Å². The maximum atomic E-state index is 13.4. The van der Waals surface area contributed by atoms with Crippen molar-refractivity contribution in [3.63, 3.8) is 0 Å². The quantitative estimate of drug-likeness (QED) is 0.521. The van der Waals surface area contributed by atoms with Crippen LogP contribution in [0.5, 0.6) is 17.2 Å². The topological polar surface area (TPSA) is 104 Å². The number of nitrogens with zero attached hydrogens (tertiary/aromatic N) is 2. The summed E-state index contributed by atoms with van der Waals surface area (Å²) in [6.45, 7) is 0.935. The Labute approximate surface area is 188 Å². The van der Waals surface area contributed by atoms with Crippen molar-refractivity contribution >= 4 is 16.0 Å². The van der Waals surface area contributed by atoms with Gasteiger partial charge in [0.25, 0.3) is 16.0 Å². The summed E-state index contributed by atoms with van der Waals surface area (Å²) < 4.78 is 44.0. The number of methoxy groups -OCH3 is 3. The van der Waals surface area contributed by atoms with Crippen LogP contribution in [0.2, 0.25) is 0 Å². The van der Waals surface area contributed by atoms with E-state index < -0.39 is 15.5 Å². The zero-order valence-electron chi connectivity index (χ0n) is 18.7. The van der Waals surface area contributed by atoms with E-state index in [0.717, 1.165) is 11.8 Å². The molecule has 10 heteroatoms. The summed E-state index contributed by atoms with van der Waals surface area (Å²) in [6, 6.07) is 7.03. The highest BCUT2D eigenvalue weighted by Crippen LogP contribution is 2.41. The Morgan fingerprint density at radius 3 is 2.38 bits per heavy atom. The molecule has 0 spiro atoms. The Morgan fingerprint density at radius 1 is 1.16 bits per heavy atom. The average molecular weight is 465 g/mol. The van der Waals surface area contributed by atoms with E-state index >= 15 is 0 Å². The van der Waals surface area contributed by atoms with Gasteiger partial charge in [0.1, 0.15) is 0 Å². The van der Waals surface area contributed by atoms with Gasteiger partial charge < -0.3 is 19.1 Å². The number of carbonyl (C=O) groups is 1. The van der Waals surface area contributed by atoms with Crippen LogP contribution in [0.15, 0.2) is 36.7 Å². The predicted molar refractivity (Wildman–Crippen MR) is 118 cm³/mol. The highest BCUT2D eigenvalue weighted by molar-refractivity contribution is 7.85. The summed E-state index contributed by atoms with van der Waals surface area (Å²) in [7, 11) is 0.941. The van der Waals surface area contributed by atoms with Gasteiger partial charge in [0.2, 0.25) is 5.75 Å². The van der Waals surface area contributed by atoms with Crippen LogP contribution in [0, 0.1) is 0 Å². The van der Waals surface area contributed by atoms with Crippen molar-refractivity contribution in [3.8, 4) is 17.2 Å². The van der Waals surface area contributed by atoms with E-state index in [0.29, 0.717) is 48.7 Å². The molecule has 9 nitrogen and oxygen atoms in total. The standard InChI is InChI=1S/C22H28N2O7S/c1-28-18-12-16(13-19(29-2)20(18)30-3)21(25)24-10-7-22(15-24,8-11-31-32(4,26)27)17-6-5-9-23-14-17/h5-6,9,12-14H,7-8,10-11,15H2,1-4H3. The zero-order chi connectivity index (χ0) is 23.4. The molecule has 0 saturated carbocycles. The Morgan fingerprint density at radius 2 is 1.84 bits per heavy atom. The number of carbonyl (C=O) groups excluding carboxylic acids is 1. The summed E-state index contributed by atoms with van der Waals surface area (Å²) in [5.41, 5.74) is 0.890. The zero-order valence-corrected chi connectivity index (χ0v) is 19.5.